The Balaban J connectivity index is 0.00000242. The van der Waals surface area contributed by atoms with Gasteiger partial charge in [0.05, 0.1) is 0 Å². The first-order chi connectivity index (χ1) is 10.1. The van der Waals surface area contributed by atoms with Gasteiger partial charge in [0.25, 0.3) is 5.91 Å². The number of primary amides is 1. The molecule has 6 nitrogen and oxygen atoms in total. The molecule has 0 spiro atoms. The number of amides is 2. The van der Waals surface area contributed by atoms with Crippen LogP contribution in [0.3, 0.4) is 0 Å². The van der Waals surface area contributed by atoms with Gasteiger partial charge in [-0.1, -0.05) is 12.1 Å². The van der Waals surface area contributed by atoms with Crippen LogP contribution in [0.25, 0.3) is 0 Å². The standard InChI is InChI=1S/C15H21N3O3.ClH/c16-14(19)10-21-13-5-1-3-11(7-13)9-18-15(20)8-12-4-2-6-17-12;/h1,3,5,7,12,17H,2,4,6,8-10H2,(H2,16,19)(H,18,20);1H. The molecule has 1 heterocycles. The Kier molecular flexibility index (Phi) is 7.70. The van der Waals surface area contributed by atoms with E-state index in [0.717, 1.165) is 24.9 Å². The molecule has 1 saturated heterocycles. The van der Waals surface area contributed by atoms with Crippen molar-refractivity contribution in [3.05, 3.63) is 29.8 Å². The Morgan fingerprint density at radius 3 is 2.91 bits per heavy atom. The van der Waals surface area contributed by atoms with Crippen LogP contribution >= 0.6 is 12.4 Å². The summed E-state index contributed by atoms with van der Waals surface area (Å²) in [7, 11) is 0. The third-order valence-corrected chi connectivity index (χ3v) is 3.36. The Morgan fingerprint density at radius 2 is 2.23 bits per heavy atom. The van der Waals surface area contributed by atoms with E-state index < -0.39 is 5.91 Å². The number of benzene rings is 1. The smallest absolute Gasteiger partial charge is 0.255 e. The summed E-state index contributed by atoms with van der Waals surface area (Å²) in [6, 6.07) is 7.55. The molecule has 122 valence electrons. The van der Waals surface area contributed by atoms with Gasteiger partial charge in [-0.05, 0) is 37.1 Å². The number of carbonyl (C=O) groups excluding carboxylic acids is 2. The molecule has 1 fully saturated rings. The van der Waals surface area contributed by atoms with Crippen molar-refractivity contribution in [1.29, 1.82) is 0 Å². The second kappa shape index (κ2) is 9.27. The number of ether oxygens (including phenoxy) is 1. The van der Waals surface area contributed by atoms with Gasteiger partial charge in [-0.25, -0.2) is 0 Å². The molecule has 7 heteroatoms. The summed E-state index contributed by atoms with van der Waals surface area (Å²) < 4.78 is 5.23. The van der Waals surface area contributed by atoms with E-state index in [1.807, 2.05) is 12.1 Å². The molecule has 1 aromatic rings. The van der Waals surface area contributed by atoms with Crippen LogP contribution < -0.4 is 21.1 Å². The Bertz CT molecular complexity index is 505. The van der Waals surface area contributed by atoms with Crippen LogP contribution in [0.2, 0.25) is 0 Å². The van der Waals surface area contributed by atoms with Gasteiger partial charge < -0.3 is 21.1 Å². The van der Waals surface area contributed by atoms with Crippen LogP contribution in [0.5, 0.6) is 5.75 Å². The van der Waals surface area contributed by atoms with E-state index in [1.165, 1.54) is 0 Å². The van der Waals surface area contributed by atoms with Crippen molar-refractivity contribution >= 4 is 24.2 Å². The highest BCUT2D eigenvalue weighted by Gasteiger charge is 2.17. The summed E-state index contributed by atoms with van der Waals surface area (Å²) in [5.41, 5.74) is 5.95. The van der Waals surface area contributed by atoms with Crippen molar-refractivity contribution in [3.63, 3.8) is 0 Å². The Labute approximate surface area is 136 Å². The highest BCUT2D eigenvalue weighted by molar-refractivity contribution is 5.85. The van der Waals surface area contributed by atoms with E-state index in [9.17, 15) is 9.59 Å². The van der Waals surface area contributed by atoms with Gasteiger partial charge >= 0.3 is 0 Å². The van der Waals surface area contributed by atoms with E-state index >= 15 is 0 Å². The van der Waals surface area contributed by atoms with Crippen molar-refractivity contribution < 1.29 is 14.3 Å². The topological polar surface area (TPSA) is 93.5 Å². The van der Waals surface area contributed by atoms with Gasteiger partial charge in [0, 0.05) is 19.0 Å². The predicted octanol–water partition coefficient (Wildman–Crippen LogP) is 0.731. The predicted molar refractivity (Wildman–Crippen MR) is 85.9 cm³/mol. The number of halogens is 1. The van der Waals surface area contributed by atoms with Crippen molar-refractivity contribution in [2.45, 2.75) is 31.8 Å². The summed E-state index contributed by atoms with van der Waals surface area (Å²) in [5.74, 6) is 0.0913. The molecule has 0 radical (unpaired) electrons. The lowest BCUT2D eigenvalue weighted by Gasteiger charge is -2.11. The van der Waals surface area contributed by atoms with Crippen LogP contribution in [0.4, 0.5) is 0 Å². The molecule has 2 amide bonds. The number of nitrogens with two attached hydrogens (primary N) is 1. The SMILES string of the molecule is Cl.NC(=O)COc1cccc(CNC(=O)CC2CCCN2)c1. The highest BCUT2D eigenvalue weighted by Crippen LogP contribution is 2.13. The summed E-state index contributed by atoms with van der Waals surface area (Å²) in [6.07, 6.45) is 2.71. The maximum atomic E-state index is 11.8. The maximum Gasteiger partial charge on any atom is 0.255 e. The number of carbonyl (C=O) groups is 2. The molecule has 0 aliphatic carbocycles. The van der Waals surface area contributed by atoms with Gasteiger partial charge in [-0.2, -0.15) is 0 Å². The van der Waals surface area contributed by atoms with E-state index in [2.05, 4.69) is 10.6 Å². The monoisotopic (exact) mass is 327 g/mol. The van der Waals surface area contributed by atoms with Gasteiger partial charge in [0.2, 0.25) is 5.91 Å². The molecule has 0 aromatic heterocycles. The van der Waals surface area contributed by atoms with E-state index in [4.69, 9.17) is 10.5 Å². The molecule has 0 bridgehead atoms. The van der Waals surface area contributed by atoms with Crippen molar-refractivity contribution in [1.82, 2.24) is 10.6 Å². The fourth-order valence-electron chi connectivity index (χ4n) is 2.33. The third-order valence-electron chi connectivity index (χ3n) is 3.36. The van der Waals surface area contributed by atoms with E-state index in [0.29, 0.717) is 24.8 Å². The van der Waals surface area contributed by atoms with Gasteiger partial charge in [0.15, 0.2) is 6.61 Å². The lowest BCUT2D eigenvalue weighted by atomic mass is 10.1. The molecule has 1 atom stereocenters. The van der Waals surface area contributed by atoms with Crippen LogP contribution in [-0.2, 0) is 16.1 Å². The molecule has 1 aliphatic rings. The molecular formula is C15H22ClN3O3. The first-order valence-corrected chi connectivity index (χ1v) is 7.13. The number of rotatable bonds is 7. The lowest BCUT2D eigenvalue weighted by Crippen LogP contribution is -2.31. The molecule has 2 rings (SSSR count). The first kappa shape index (κ1) is 18.3. The van der Waals surface area contributed by atoms with E-state index in [1.54, 1.807) is 12.1 Å². The molecule has 1 unspecified atom stereocenters. The number of hydrogen-bond donors (Lipinski definition) is 3. The van der Waals surface area contributed by atoms with Gasteiger partial charge in [-0.15, -0.1) is 12.4 Å². The largest absolute Gasteiger partial charge is 0.484 e. The third kappa shape index (κ3) is 6.32. The Hall–Kier alpha value is -1.79. The zero-order valence-electron chi connectivity index (χ0n) is 12.3. The second-order valence-corrected chi connectivity index (χ2v) is 5.18. The van der Waals surface area contributed by atoms with Crippen LogP contribution in [-0.4, -0.2) is 31.0 Å². The van der Waals surface area contributed by atoms with Crippen molar-refractivity contribution in [3.8, 4) is 5.75 Å². The molecule has 0 saturated carbocycles. The van der Waals surface area contributed by atoms with Crippen LogP contribution in [0.15, 0.2) is 24.3 Å². The molecule has 22 heavy (non-hydrogen) atoms. The van der Waals surface area contributed by atoms with E-state index in [-0.39, 0.29) is 24.9 Å². The fraction of sp³-hybridized carbons (Fsp3) is 0.467. The van der Waals surface area contributed by atoms with Crippen LogP contribution in [0.1, 0.15) is 24.8 Å². The Morgan fingerprint density at radius 1 is 1.41 bits per heavy atom. The first-order valence-electron chi connectivity index (χ1n) is 7.13. The maximum absolute atomic E-state index is 11.8. The number of hydrogen-bond acceptors (Lipinski definition) is 4. The summed E-state index contributed by atoms with van der Waals surface area (Å²) >= 11 is 0. The minimum atomic E-state index is -0.516. The zero-order valence-corrected chi connectivity index (χ0v) is 13.2. The molecule has 4 N–H and O–H groups in total. The minimum Gasteiger partial charge on any atom is -0.484 e. The van der Waals surface area contributed by atoms with Gasteiger partial charge in [-0.3, -0.25) is 9.59 Å². The second-order valence-electron chi connectivity index (χ2n) is 5.18. The molecule has 1 aromatic carbocycles. The normalized spacial score (nSPS) is 16.6. The number of nitrogens with one attached hydrogen (secondary N) is 2. The highest BCUT2D eigenvalue weighted by atomic mass is 35.5. The molecular weight excluding hydrogens is 306 g/mol. The van der Waals surface area contributed by atoms with Gasteiger partial charge in [0.1, 0.15) is 5.75 Å². The van der Waals surface area contributed by atoms with Crippen LogP contribution in [0, 0.1) is 0 Å². The van der Waals surface area contributed by atoms with Crippen molar-refractivity contribution in [2.24, 2.45) is 5.73 Å². The summed E-state index contributed by atoms with van der Waals surface area (Å²) in [6.45, 7) is 1.29. The minimum absolute atomic E-state index is 0. The fourth-order valence-corrected chi connectivity index (χ4v) is 2.33. The average molecular weight is 328 g/mol. The molecule has 1 aliphatic heterocycles. The quantitative estimate of drug-likeness (QED) is 0.688. The lowest BCUT2D eigenvalue weighted by molar-refractivity contribution is -0.121. The zero-order chi connectivity index (χ0) is 15.1. The summed E-state index contributed by atoms with van der Waals surface area (Å²) in [5, 5.41) is 6.19. The average Bonchev–Trinajstić information content (AvgIpc) is 2.96. The summed E-state index contributed by atoms with van der Waals surface area (Å²) in [4.78, 5) is 22.5. The van der Waals surface area contributed by atoms with Crippen molar-refractivity contribution in [2.75, 3.05) is 13.2 Å².